The minimum Gasteiger partial charge on any atom is -0.490 e. The zero-order valence-electron chi connectivity index (χ0n) is 21.7. The number of fused-ring (bicyclic) bond motifs is 1. The van der Waals surface area contributed by atoms with E-state index in [1.165, 1.54) is 36.8 Å². The Hall–Kier alpha value is -3.32. The SMILES string of the molecule is CCOc1cc2ncc(CC(N)=O)c(Nc3cccc(CNC4CCCC4)c3CC)c2cc1OCC. The van der Waals surface area contributed by atoms with Gasteiger partial charge in [0.15, 0.2) is 11.5 Å². The third-order valence-electron chi connectivity index (χ3n) is 6.80. The minimum atomic E-state index is -0.402. The molecule has 1 aromatic heterocycles. The van der Waals surface area contributed by atoms with Gasteiger partial charge < -0.3 is 25.8 Å². The quantitative estimate of drug-likeness (QED) is 0.315. The normalized spacial score (nSPS) is 13.8. The van der Waals surface area contributed by atoms with E-state index in [1.54, 1.807) is 6.20 Å². The summed E-state index contributed by atoms with van der Waals surface area (Å²) in [6.45, 7) is 7.95. The molecular formula is C29H38N4O3. The van der Waals surface area contributed by atoms with Gasteiger partial charge in [-0.1, -0.05) is 31.9 Å². The number of rotatable bonds is 12. The molecule has 1 saturated carbocycles. The van der Waals surface area contributed by atoms with Crippen LogP contribution in [-0.4, -0.2) is 30.1 Å². The molecule has 0 aliphatic heterocycles. The van der Waals surface area contributed by atoms with Crippen molar-refractivity contribution in [2.75, 3.05) is 18.5 Å². The number of nitrogens with one attached hydrogen (secondary N) is 2. The summed E-state index contributed by atoms with van der Waals surface area (Å²) in [6.07, 6.45) is 7.83. The lowest BCUT2D eigenvalue weighted by molar-refractivity contribution is -0.117. The van der Waals surface area contributed by atoms with Crippen molar-refractivity contribution in [2.45, 2.75) is 71.9 Å². The Morgan fingerprint density at radius 2 is 1.78 bits per heavy atom. The number of hydrogen-bond donors (Lipinski definition) is 3. The molecule has 1 heterocycles. The molecule has 0 atom stereocenters. The van der Waals surface area contributed by atoms with E-state index in [2.05, 4.69) is 40.7 Å². The molecule has 36 heavy (non-hydrogen) atoms. The molecule has 0 saturated heterocycles. The van der Waals surface area contributed by atoms with Crippen molar-refractivity contribution < 1.29 is 14.3 Å². The summed E-state index contributed by atoms with van der Waals surface area (Å²) in [6, 6.07) is 10.8. The fraction of sp³-hybridized carbons (Fsp3) is 0.448. The van der Waals surface area contributed by atoms with E-state index in [4.69, 9.17) is 15.2 Å². The van der Waals surface area contributed by atoms with Gasteiger partial charge in [-0.15, -0.1) is 0 Å². The monoisotopic (exact) mass is 490 g/mol. The van der Waals surface area contributed by atoms with Crippen molar-refractivity contribution in [3.63, 3.8) is 0 Å². The van der Waals surface area contributed by atoms with Gasteiger partial charge in [0.2, 0.25) is 5.91 Å². The molecule has 1 aliphatic rings. The first-order chi connectivity index (χ1) is 17.5. The number of hydrogen-bond acceptors (Lipinski definition) is 6. The van der Waals surface area contributed by atoms with Crippen molar-refractivity contribution in [3.8, 4) is 11.5 Å². The van der Waals surface area contributed by atoms with Crippen molar-refractivity contribution in [1.82, 2.24) is 10.3 Å². The van der Waals surface area contributed by atoms with E-state index in [1.807, 2.05) is 26.0 Å². The highest BCUT2D eigenvalue weighted by Crippen LogP contribution is 2.38. The average molecular weight is 491 g/mol. The van der Waals surface area contributed by atoms with Crippen LogP contribution in [0.3, 0.4) is 0 Å². The molecule has 4 rings (SSSR count). The third kappa shape index (κ3) is 5.90. The first-order valence-corrected chi connectivity index (χ1v) is 13.1. The second kappa shape index (κ2) is 12.1. The molecule has 4 N–H and O–H groups in total. The van der Waals surface area contributed by atoms with Crippen LogP contribution in [0.15, 0.2) is 36.5 Å². The predicted octanol–water partition coefficient (Wildman–Crippen LogP) is 5.40. The number of nitrogens with zero attached hydrogens (tertiary/aromatic N) is 1. The molecule has 7 heteroatoms. The van der Waals surface area contributed by atoms with Crippen LogP contribution >= 0.6 is 0 Å². The highest BCUT2D eigenvalue weighted by molar-refractivity contribution is 5.98. The summed E-state index contributed by atoms with van der Waals surface area (Å²) in [7, 11) is 0. The number of aromatic nitrogens is 1. The van der Waals surface area contributed by atoms with Gasteiger partial charge in [0.05, 0.1) is 30.8 Å². The summed E-state index contributed by atoms with van der Waals surface area (Å²) < 4.78 is 11.7. The van der Waals surface area contributed by atoms with Crippen LogP contribution < -0.4 is 25.8 Å². The van der Waals surface area contributed by atoms with E-state index in [0.29, 0.717) is 30.8 Å². The molecule has 0 radical (unpaired) electrons. The molecule has 0 spiro atoms. The highest BCUT2D eigenvalue weighted by atomic mass is 16.5. The third-order valence-corrected chi connectivity index (χ3v) is 6.80. The number of primary amides is 1. The number of amides is 1. The van der Waals surface area contributed by atoms with Gasteiger partial charge >= 0.3 is 0 Å². The Labute approximate surface area is 213 Å². The second-order valence-electron chi connectivity index (χ2n) is 9.27. The van der Waals surface area contributed by atoms with E-state index in [0.717, 1.165) is 40.8 Å². The Balaban J connectivity index is 1.77. The Morgan fingerprint density at radius 3 is 2.44 bits per heavy atom. The zero-order chi connectivity index (χ0) is 25.5. The van der Waals surface area contributed by atoms with E-state index < -0.39 is 5.91 Å². The Bertz CT molecular complexity index is 1200. The Morgan fingerprint density at radius 1 is 1.06 bits per heavy atom. The Kier molecular flexibility index (Phi) is 8.65. The predicted molar refractivity (Wildman–Crippen MR) is 145 cm³/mol. The van der Waals surface area contributed by atoms with Crippen LogP contribution in [0, 0.1) is 0 Å². The molecule has 7 nitrogen and oxygen atoms in total. The van der Waals surface area contributed by atoms with Crippen LogP contribution in [0.1, 0.15) is 63.1 Å². The van der Waals surface area contributed by atoms with Crippen LogP contribution in [0.5, 0.6) is 11.5 Å². The van der Waals surface area contributed by atoms with E-state index >= 15 is 0 Å². The van der Waals surface area contributed by atoms with Crippen LogP contribution in [-0.2, 0) is 24.2 Å². The smallest absolute Gasteiger partial charge is 0.221 e. The van der Waals surface area contributed by atoms with Crippen molar-refractivity contribution in [1.29, 1.82) is 0 Å². The molecule has 1 fully saturated rings. The summed E-state index contributed by atoms with van der Waals surface area (Å²) >= 11 is 0. The number of benzene rings is 2. The first kappa shape index (κ1) is 25.8. The summed E-state index contributed by atoms with van der Waals surface area (Å²) in [4.78, 5) is 16.5. The maximum atomic E-state index is 11.9. The number of ether oxygens (including phenoxy) is 2. The van der Waals surface area contributed by atoms with Crippen LogP contribution in [0.4, 0.5) is 11.4 Å². The number of carbonyl (C=O) groups excluding carboxylic acids is 1. The lowest BCUT2D eigenvalue weighted by Gasteiger charge is -2.21. The molecule has 3 aromatic rings. The first-order valence-electron chi connectivity index (χ1n) is 13.1. The van der Waals surface area contributed by atoms with Gasteiger partial charge in [-0.2, -0.15) is 0 Å². The lowest BCUT2D eigenvalue weighted by atomic mass is 10.0. The van der Waals surface area contributed by atoms with E-state index in [9.17, 15) is 4.79 Å². The van der Waals surface area contributed by atoms with Crippen molar-refractivity contribution in [2.24, 2.45) is 5.73 Å². The molecular weight excluding hydrogens is 452 g/mol. The number of nitrogens with two attached hydrogens (primary N) is 1. The summed E-state index contributed by atoms with van der Waals surface area (Å²) in [5.74, 6) is 0.903. The van der Waals surface area contributed by atoms with Gasteiger partial charge in [-0.05, 0) is 56.4 Å². The molecule has 1 amide bonds. The average Bonchev–Trinajstić information content (AvgIpc) is 3.38. The molecule has 1 aliphatic carbocycles. The number of carbonyl (C=O) groups is 1. The fourth-order valence-electron chi connectivity index (χ4n) is 5.10. The number of anilines is 2. The standard InChI is InChI=1S/C29H38N4O3/c1-4-22-19(17-31-21-11-7-8-12-21)10-9-13-24(22)33-29-20(14-28(30)34)18-32-25-16-27(36-6-3)26(35-5-2)15-23(25)29/h9-10,13,15-16,18,21,31H,4-8,11-12,14,17H2,1-3H3,(H2,30,34)(H,32,33). The topological polar surface area (TPSA) is 98.5 Å². The molecule has 0 bridgehead atoms. The molecule has 192 valence electrons. The van der Waals surface area contributed by atoms with Gasteiger partial charge in [-0.25, -0.2) is 0 Å². The van der Waals surface area contributed by atoms with Gasteiger partial charge in [-0.3, -0.25) is 9.78 Å². The maximum Gasteiger partial charge on any atom is 0.221 e. The lowest BCUT2D eigenvalue weighted by Crippen LogP contribution is -2.25. The zero-order valence-corrected chi connectivity index (χ0v) is 21.7. The largest absolute Gasteiger partial charge is 0.490 e. The molecule has 2 aromatic carbocycles. The van der Waals surface area contributed by atoms with E-state index in [-0.39, 0.29) is 6.42 Å². The van der Waals surface area contributed by atoms with Crippen LogP contribution in [0.2, 0.25) is 0 Å². The van der Waals surface area contributed by atoms with Gasteiger partial charge in [0.25, 0.3) is 0 Å². The van der Waals surface area contributed by atoms with Crippen molar-refractivity contribution in [3.05, 3.63) is 53.2 Å². The second-order valence-corrected chi connectivity index (χ2v) is 9.27. The summed E-state index contributed by atoms with van der Waals surface area (Å²) in [5.41, 5.74) is 11.5. The maximum absolute atomic E-state index is 11.9. The fourth-order valence-corrected chi connectivity index (χ4v) is 5.10. The van der Waals surface area contributed by atoms with Crippen molar-refractivity contribution >= 4 is 28.2 Å². The summed E-state index contributed by atoms with van der Waals surface area (Å²) in [5, 5.41) is 8.26. The molecule has 0 unspecified atom stereocenters. The highest BCUT2D eigenvalue weighted by Gasteiger charge is 2.18. The van der Waals surface area contributed by atoms with Gasteiger partial charge in [0.1, 0.15) is 0 Å². The number of pyridine rings is 1. The van der Waals surface area contributed by atoms with Gasteiger partial charge in [0, 0.05) is 41.5 Å². The van der Waals surface area contributed by atoms with Crippen LogP contribution in [0.25, 0.3) is 10.9 Å². The minimum absolute atomic E-state index is 0.0901.